The number of pyridine rings is 2. The number of piperazine rings is 1. The van der Waals surface area contributed by atoms with Gasteiger partial charge in [-0.3, -0.25) is 10.2 Å². The molecule has 1 aliphatic heterocycles. The molecule has 0 aliphatic carbocycles. The number of nitriles is 1. The molecular formula is C22H25N9O. The van der Waals surface area contributed by atoms with Crippen LogP contribution in [0.15, 0.2) is 48.9 Å². The van der Waals surface area contributed by atoms with Crippen molar-refractivity contribution in [2.45, 2.75) is 13.5 Å². The lowest BCUT2D eigenvalue weighted by Gasteiger charge is -2.36. The highest BCUT2D eigenvalue weighted by molar-refractivity contribution is 5.88. The minimum Gasteiger partial charge on any atom is -0.367 e. The van der Waals surface area contributed by atoms with Gasteiger partial charge >= 0.3 is 6.03 Å². The van der Waals surface area contributed by atoms with Crippen molar-refractivity contribution in [2.75, 3.05) is 42.9 Å². The molecule has 4 heterocycles. The van der Waals surface area contributed by atoms with Gasteiger partial charge in [-0.15, -0.1) is 0 Å². The molecule has 0 unspecified atom stereocenters. The largest absolute Gasteiger partial charge is 0.367 e. The molecular weight excluding hydrogens is 406 g/mol. The summed E-state index contributed by atoms with van der Waals surface area (Å²) in [6, 6.07) is 11.5. The second-order valence-electron chi connectivity index (χ2n) is 7.40. The van der Waals surface area contributed by atoms with Gasteiger partial charge in [-0.25, -0.2) is 19.4 Å². The zero-order chi connectivity index (χ0) is 22.3. The second kappa shape index (κ2) is 9.89. The zero-order valence-electron chi connectivity index (χ0n) is 17.9. The number of aromatic nitrogens is 4. The van der Waals surface area contributed by atoms with Crippen molar-refractivity contribution in [3.63, 3.8) is 0 Å². The van der Waals surface area contributed by atoms with E-state index in [1.807, 2.05) is 37.3 Å². The quantitative estimate of drug-likeness (QED) is 0.613. The Morgan fingerprint density at radius 1 is 1.19 bits per heavy atom. The van der Waals surface area contributed by atoms with Crippen LogP contribution in [-0.4, -0.2) is 63.4 Å². The number of nitrogens with one attached hydrogen (secondary N) is 2. The van der Waals surface area contributed by atoms with E-state index in [1.54, 1.807) is 23.3 Å². The third-order valence-corrected chi connectivity index (χ3v) is 5.23. The second-order valence-corrected chi connectivity index (χ2v) is 7.40. The van der Waals surface area contributed by atoms with Crippen molar-refractivity contribution >= 4 is 17.5 Å². The Balaban J connectivity index is 1.37. The molecule has 2 amide bonds. The SMILES string of the molecule is CCNC(=O)Nc1cc(CN2CCN(c3ccc(-n4cccn4)nc3C#N)CC2)ccn1. The Morgan fingerprint density at radius 3 is 2.75 bits per heavy atom. The summed E-state index contributed by atoms with van der Waals surface area (Å²) in [6.07, 6.45) is 5.19. The molecule has 0 aromatic carbocycles. The minimum atomic E-state index is -0.258. The minimum absolute atomic E-state index is 0.258. The molecule has 164 valence electrons. The first-order valence-corrected chi connectivity index (χ1v) is 10.5. The fourth-order valence-corrected chi connectivity index (χ4v) is 3.68. The third-order valence-electron chi connectivity index (χ3n) is 5.23. The van der Waals surface area contributed by atoms with Crippen molar-refractivity contribution in [2.24, 2.45) is 0 Å². The van der Waals surface area contributed by atoms with Crippen LogP contribution in [0.5, 0.6) is 0 Å². The van der Waals surface area contributed by atoms with Crippen LogP contribution in [0.4, 0.5) is 16.3 Å². The summed E-state index contributed by atoms with van der Waals surface area (Å²) >= 11 is 0. The molecule has 1 fully saturated rings. The Hall–Kier alpha value is -3.97. The lowest BCUT2D eigenvalue weighted by atomic mass is 10.2. The molecule has 0 bridgehead atoms. The summed E-state index contributed by atoms with van der Waals surface area (Å²) in [6.45, 7) is 6.50. The molecule has 10 nitrogen and oxygen atoms in total. The number of urea groups is 1. The Labute approximate surface area is 186 Å². The number of anilines is 2. The molecule has 0 spiro atoms. The van der Waals surface area contributed by atoms with Gasteiger partial charge in [0.2, 0.25) is 0 Å². The smallest absolute Gasteiger partial charge is 0.320 e. The molecule has 3 aromatic heterocycles. The van der Waals surface area contributed by atoms with Gasteiger partial charge in [0.05, 0.1) is 5.69 Å². The highest BCUT2D eigenvalue weighted by atomic mass is 16.2. The Morgan fingerprint density at radius 2 is 2.03 bits per heavy atom. The van der Waals surface area contributed by atoms with E-state index in [9.17, 15) is 10.1 Å². The van der Waals surface area contributed by atoms with Crippen LogP contribution >= 0.6 is 0 Å². The van der Waals surface area contributed by atoms with Crippen LogP contribution in [0.3, 0.4) is 0 Å². The van der Waals surface area contributed by atoms with Gasteiger partial charge in [0, 0.05) is 57.9 Å². The van der Waals surface area contributed by atoms with Crippen LogP contribution in [-0.2, 0) is 6.54 Å². The Bertz CT molecular complexity index is 1100. The number of hydrogen-bond acceptors (Lipinski definition) is 7. The van der Waals surface area contributed by atoms with Gasteiger partial charge in [0.15, 0.2) is 11.5 Å². The van der Waals surface area contributed by atoms with Gasteiger partial charge in [-0.05, 0) is 42.8 Å². The van der Waals surface area contributed by atoms with E-state index >= 15 is 0 Å². The maximum absolute atomic E-state index is 11.7. The Kier molecular flexibility index (Phi) is 6.57. The normalized spacial score (nSPS) is 14.1. The van der Waals surface area contributed by atoms with Crippen LogP contribution in [0.25, 0.3) is 5.82 Å². The average molecular weight is 432 g/mol. The van der Waals surface area contributed by atoms with Crippen LogP contribution in [0, 0.1) is 11.3 Å². The molecule has 0 radical (unpaired) electrons. The summed E-state index contributed by atoms with van der Waals surface area (Å²) in [5.41, 5.74) is 2.34. The number of carbonyl (C=O) groups is 1. The molecule has 4 rings (SSSR count). The van der Waals surface area contributed by atoms with Crippen molar-refractivity contribution in [3.8, 4) is 11.9 Å². The first kappa shape index (κ1) is 21.3. The van der Waals surface area contributed by atoms with Gasteiger partial charge < -0.3 is 10.2 Å². The highest BCUT2D eigenvalue weighted by Gasteiger charge is 2.21. The van der Waals surface area contributed by atoms with E-state index in [2.05, 4.69) is 41.6 Å². The number of amides is 2. The molecule has 32 heavy (non-hydrogen) atoms. The molecule has 10 heteroatoms. The van der Waals surface area contributed by atoms with Crippen molar-refractivity contribution in [1.29, 1.82) is 5.26 Å². The van der Waals surface area contributed by atoms with Crippen LogP contribution in [0.2, 0.25) is 0 Å². The van der Waals surface area contributed by atoms with Gasteiger partial charge in [0.25, 0.3) is 0 Å². The van der Waals surface area contributed by atoms with Gasteiger partial charge in [0.1, 0.15) is 11.9 Å². The summed E-state index contributed by atoms with van der Waals surface area (Å²) in [5, 5.41) is 19.2. The number of nitrogens with zero attached hydrogens (tertiary/aromatic N) is 7. The van der Waals surface area contributed by atoms with Crippen LogP contribution in [0.1, 0.15) is 18.2 Å². The topological polar surface area (TPSA) is 115 Å². The van der Waals surface area contributed by atoms with E-state index in [1.165, 1.54) is 0 Å². The van der Waals surface area contributed by atoms with Gasteiger partial charge in [-0.2, -0.15) is 10.4 Å². The standard InChI is InChI=1S/C22H25N9O/c1-2-24-22(32)28-20-14-17(6-8-25-20)16-29-10-12-30(13-11-29)19-4-5-21(27-18(19)15-23)31-9-3-7-26-31/h3-9,14H,2,10-13,16H2,1H3,(H2,24,25,28,32). The average Bonchev–Trinajstić information content (AvgIpc) is 3.35. The fourth-order valence-electron chi connectivity index (χ4n) is 3.68. The summed E-state index contributed by atoms with van der Waals surface area (Å²) in [5.74, 6) is 1.16. The molecule has 0 atom stereocenters. The monoisotopic (exact) mass is 431 g/mol. The third kappa shape index (κ3) is 5.01. The molecule has 0 saturated carbocycles. The number of carbonyl (C=O) groups excluding carboxylic acids is 1. The van der Waals surface area contributed by atoms with Crippen molar-refractivity contribution in [3.05, 3.63) is 60.2 Å². The lowest BCUT2D eigenvalue weighted by molar-refractivity contribution is 0.249. The molecule has 1 saturated heterocycles. The van der Waals surface area contributed by atoms with E-state index in [4.69, 9.17) is 0 Å². The fraction of sp³-hybridized carbons (Fsp3) is 0.318. The summed E-state index contributed by atoms with van der Waals surface area (Å²) in [4.78, 5) is 24.9. The molecule has 2 N–H and O–H groups in total. The van der Waals surface area contributed by atoms with E-state index in [0.29, 0.717) is 23.9 Å². The summed E-state index contributed by atoms with van der Waals surface area (Å²) in [7, 11) is 0. The summed E-state index contributed by atoms with van der Waals surface area (Å²) < 4.78 is 1.65. The highest BCUT2D eigenvalue weighted by Crippen LogP contribution is 2.22. The number of rotatable bonds is 6. The zero-order valence-corrected chi connectivity index (χ0v) is 17.9. The molecule has 3 aromatic rings. The first-order chi connectivity index (χ1) is 15.7. The maximum Gasteiger partial charge on any atom is 0.320 e. The molecule has 1 aliphatic rings. The number of hydrogen-bond donors (Lipinski definition) is 2. The van der Waals surface area contributed by atoms with Crippen molar-refractivity contribution < 1.29 is 4.79 Å². The predicted octanol–water partition coefficient (Wildman–Crippen LogP) is 2.00. The van der Waals surface area contributed by atoms with Gasteiger partial charge in [-0.1, -0.05) is 0 Å². The van der Waals surface area contributed by atoms with E-state index in [0.717, 1.165) is 44.0 Å². The van der Waals surface area contributed by atoms with E-state index in [-0.39, 0.29) is 6.03 Å². The predicted molar refractivity (Wildman–Crippen MR) is 120 cm³/mol. The lowest BCUT2D eigenvalue weighted by Crippen LogP contribution is -2.46. The van der Waals surface area contributed by atoms with Crippen LogP contribution < -0.4 is 15.5 Å². The maximum atomic E-state index is 11.7. The van der Waals surface area contributed by atoms with Crippen molar-refractivity contribution in [1.82, 2.24) is 30.0 Å². The van der Waals surface area contributed by atoms with E-state index < -0.39 is 0 Å². The first-order valence-electron chi connectivity index (χ1n) is 10.5.